The molecule has 1 amide bonds. The second-order valence-corrected chi connectivity index (χ2v) is 3.48. The molecule has 0 saturated carbocycles. The van der Waals surface area contributed by atoms with E-state index < -0.39 is 0 Å². The first-order valence-electron chi connectivity index (χ1n) is 4.55. The average Bonchev–Trinajstić information content (AvgIpc) is 2.78. The van der Waals surface area contributed by atoms with Gasteiger partial charge in [0.2, 0.25) is 6.41 Å². The molecule has 6 nitrogen and oxygen atoms in total. The summed E-state index contributed by atoms with van der Waals surface area (Å²) in [7, 11) is 0. The highest BCUT2D eigenvalue weighted by Crippen LogP contribution is 2.21. The Bertz CT molecular complexity index is 601. The zero-order valence-electron chi connectivity index (χ0n) is 8.46. The van der Waals surface area contributed by atoms with Crippen LogP contribution in [0.1, 0.15) is 5.56 Å². The summed E-state index contributed by atoms with van der Waals surface area (Å²) in [5, 5.41) is 15.4. The van der Waals surface area contributed by atoms with E-state index in [0.717, 1.165) is 0 Å². The molecule has 84 valence electrons. The Morgan fingerprint density at radius 1 is 1.53 bits per heavy atom. The first-order chi connectivity index (χ1) is 8.24. The number of nitrogens with one attached hydrogen (secondary N) is 1. The molecule has 2 heterocycles. The van der Waals surface area contributed by atoms with Gasteiger partial charge in [0, 0.05) is 0 Å². The summed E-state index contributed by atoms with van der Waals surface area (Å²) in [5.41, 5.74) is 0.902. The van der Waals surface area contributed by atoms with Gasteiger partial charge in [0.1, 0.15) is 6.07 Å². The molecule has 2 rings (SSSR count). The lowest BCUT2D eigenvalue weighted by molar-refractivity contribution is -0.105. The van der Waals surface area contributed by atoms with E-state index in [0.29, 0.717) is 28.5 Å². The van der Waals surface area contributed by atoms with Crippen LogP contribution in [0.4, 0.5) is 5.69 Å². The lowest BCUT2D eigenvalue weighted by atomic mass is 10.4. The molecule has 17 heavy (non-hydrogen) atoms. The van der Waals surface area contributed by atoms with Crippen LogP contribution < -0.4 is 5.32 Å². The molecule has 2 aromatic rings. The van der Waals surface area contributed by atoms with Crippen molar-refractivity contribution in [1.82, 2.24) is 14.8 Å². The van der Waals surface area contributed by atoms with E-state index in [2.05, 4.69) is 15.4 Å². The van der Waals surface area contributed by atoms with Crippen LogP contribution in [0.25, 0.3) is 5.82 Å². The fourth-order valence-electron chi connectivity index (χ4n) is 1.24. The number of carbonyl (C=O) groups is 1. The van der Waals surface area contributed by atoms with Gasteiger partial charge >= 0.3 is 0 Å². The summed E-state index contributed by atoms with van der Waals surface area (Å²) in [6, 6.07) is 3.50. The van der Waals surface area contributed by atoms with Crippen molar-refractivity contribution in [3.63, 3.8) is 0 Å². The minimum absolute atomic E-state index is 0.324. The van der Waals surface area contributed by atoms with Crippen LogP contribution in [0.5, 0.6) is 0 Å². The van der Waals surface area contributed by atoms with Gasteiger partial charge in [-0.3, -0.25) is 4.79 Å². The van der Waals surface area contributed by atoms with Gasteiger partial charge in [-0.15, -0.1) is 0 Å². The van der Waals surface area contributed by atoms with Crippen molar-refractivity contribution in [1.29, 1.82) is 5.26 Å². The van der Waals surface area contributed by atoms with E-state index in [1.54, 1.807) is 6.07 Å². The molecule has 0 atom stereocenters. The Kier molecular flexibility index (Phi) is 3.03. The Morgan fingerprint density at radius 3 is 2.94 bits per heavy atom. The molecule has 0 aromatic carbocycles. The van der Waals surface area contributed by atoms with Gasteiger partial charge in [-0.05, 0) is 6.07 Å². The fraction of sp³-hybridized carbons (Fsp3) is 0. The minimum atomic E-state index is 0.324. The monoisotopic (exact) mass is 247 g/mol. The maximum Gasteiger partial charge on any atom is 0.211 e. The molecule has 0 saturated heterocycles. The minimum Gasteiger partial charge on any atom is -0.327 e. The molecule has 7 heteroatoms. The number of carbonyl (C=O) groups excluding carboxylic acids is 1. The van der Waals surface area contributed by atoms with Gasteiger partial charge in [0.15, 0.2) is 5.82 Å². The second kappa shape index (κ2) is 4.63. The fourth-order valence-corrected chi connectivity index (χ4v) is 1.50. The molecular weight excluding hydrogens is 242 g/mol. The summed E-state index contributed by atoms with van der Waals surface area (Å²) in [4.78, 5) is 14.3. The molecule has 0 aliphatic carbocycles. The van der Waals surface area contributed by atoms with Crippen molar-refractivity contribution in [3.8, 4) is 11.9 Å². The molecule has 2 aromatic heterocycles. The molecule has 0 unspecified atom stereocenters. The zero-order chi connectivity index (χ0) is 12.3. The second-order valence-electron chi connectivity index (χ2n) is 3.08. The Balaban J connectivity index is 2.39. The van der Waals surface area contributed by atoms with E-state index in [4.69, 9.17) is 16.9 Å². The molecule has 0 aliphatic heterocycles. The number of hydrogen-bond acceptors (Lipinski definition) is 4. The van der Waals surface area contributed by atoms with Crippen LogP contribution in [-0.4, -0.2) is 21.2 Å². The van der Waals surface area contributed by atoms with Gasteiger partial charge in [-0.25, -0.2) is 9.67 Å². The van der Waals surface area contributed by atoms with Crippen molar-refractivity contribution in [3.05, 3.63) is 35.2 Å². The lowest BCUT2D eigenvalue weighted by Crippen LogP contribution is -2.01. The van der Waals surface area contributed by atoms with Crippen LogP contribution in [0.2, 0.25) is 5.02 Å². The molecule has 0 aliphatic rings. The molecule has 0 radical (unpaired) electrons. The van der Waals surface area contributed by atoms with Crippen LogP contribution in [-0.2, 0) is 4.79 Å². The normalized spacial score (nSPS) is 9.65. The van der Waals surface area contributed by atoms with E-state index >= 15 is 0 Å². The first kappa shape index (κ1) is 11.1. The molecule has 0 fully saturated rings. The third-order valence-electron chi connectivity index (χ3n) is 1.98. The number of halogens is 1. The van der Waals surface area contributed by atoms with E-state index in [1.165, 1.54) is 23.3 Å². The third kappa shape index (κ3) is 2.24. The number of hydrogen-bond donors (Lipinski definition) is 1. The lowest BCUT2D eigenvalue weighted by Gasteiger charge is -2.04. The number of rotatable bonds is 3. The maximum atomic E-state index is 10.2. The van der Waals surface area contributed by atoms with Crippen molar-refractivity contribution < 1.29 is 4.79 Å². The number of aromatic nitrogens is 3. The van der Waals surface area contributed by atoms with Gasteiger partial charge in [0.05, 0.1) is 34.9 Å². The van der Waals surface area contributed by atoms with E-state index in [-0.39, 0.29) is 0 Å². The van der Waals surface area contributed by atoms with Crippen molar-refractivity contribution >= 4 is 23.7 Å². The summed E-state index contributed by atoms with van der Waals surface area (Å²) in [6.45, 7) is 0. The standard InChI is InChI=1S/C10H6ClN5O/c11-9-1-8(14-6-17)4-13-10(9)16-5-7(2-12)3-15-16/h1,3-6H,(H,14,17). The van der Waals surface area contributed by atoms with Gasteiger partial charge in [-0.1, -0.05) is 11.6 Å². The van der Waals surface area contributed by atoms with Gasteiger partial charge < -0.3 is 5.32 Å². The van der Waals surface area contributed by atoms with Gasteiger partial charge in [0.25, 0.3) is 0 Å². The number of nitrogens with zero attached hydrogens (tertiary/aromatic N) is 4. The van der Waals surface area contributed by atoms with Crippen molar-refractivity contribution in [2.75, 3.05) is 5.32 Å². The predicted molar refractivity (Wildman–Crippen MR) is 60.8 cm³/mol. The maximum absolute atomic E-state index is 10.2. The van der Waals surface area contributed by atoms with Crippen molar-refractivity contribution in [2.24, 2.45) is 0 Å². The SMILES string of the molecule is N#Cc1cnn(-c2ncc(NC=O)cc2Cl)c1. The zero-order valence-corrected chi connectivity index (χ0v) is 9.22. The van der Waals surface area contributed by atoms with E-state index in [9.17, 15) is 4.79 Å². The number of amides is 1. The smallest absolute Gasteiger partial charge is 0.211 e. The van der Waals surface area contributed by atoms with Crippen LogP contribution in [0, 0.1) is 11.3 Å². The van der Waals surface area contributed by atoms with E-state index in [1.807, 2.05) is 6.07 Å². The topological polar surface area (TPSA) is 83.6 Å². The summed E-state index contributed by atoms with van der Waals surface area (Å²) >= 11 is 5.99. The van der Waals surface area contributed by atoms with Crippen LogP contribution >= 0.6 is 11.6 Å². The molecular formula is C10H6ClN5O. The highest BCUT2D eigenvalue weighted by molar-refractivity contribution is 6.32. The predicted octanol–water partition coefficient (Wildman–Crippen LogP) is 1.36. The Hall–Kier alpha value is -2.39. The quantitative estimate of drug-likeness (QED) is 0.830. The number of pyridine rings is 1. The molecule has 0 bridgehead atoms. The van der Waals surface area contributed by atoms with Crippen LogP contribution in [0.15, 0.2) is 24.7 Å². The summed E-state index contributed by atoms with van der Waals surface area (Å²) in [6.07, 6.45) is 4.91. The van der Waals surface area contributed by atoms with Gasteiger partial charge in [-0.2, -0.15) is 10.4 Å². The Labute approximate surface area is 101 Å². The van der Waals surface area contributed by atoms with Crippen LogP contribution in [0.3, 0.4) is 0 Å². The number of nitriles is 1. The average molecular weight is 248 g/mol. The summed E-state index contributed by atoms with van der Waals surface area (Å²) < 4.78 is 1.39. The highest BCUT2D eigenvalue weighted by Gasteiger charge is 2.07. The first-order valence-corrected chi connectivity index (χ1v) is 4.93. The van der Waals surface area contributed by atoms with Crippen molar-refractivity contribution in [2.45, 2.75) is 0 Å². The number of anilines is 1. The molecule has 1 N–H and O–H groups in total. The Morgan fingerprint density at radius 2 is 2.35 bits per heavy atom. The third-order valence-corrected chi connectivity index (χ3v) is 2.25. The summed E-state index contributed by atoms with van der Waals surface area (Å²) in [5.74, 6) is 0.393. The molecule has 0 spiro atoms. The highest BCUT2D eigenvalue weighted by atomic mass is 35.5. The largest absolute Gasteiger partial charge is 0.327 e.